The minimum Gasteiger partial charge on any atom is -0.508 e. The monoisotopic (exact) mass is 438 g/mol. The molecule has 0 spiro atoms. The molecule has 2 N–H and O–H groups in total. The lowest BCUT2D eigenvalue weighted by Crippen LogP contribution is -2.39. The van der Waals surface area contributed by atoms with Crippen LogP contribution in [-0.4, -0.2) is 70.0 Å². The number of benzene rings is 1. The summed E-state index contributed by atoms with van der Waals surface area (Å²) in [6, 6.07) is 6.65. The molecule has 1 aromatic carbocycles. The van der Waals surface area contributed by atoms with Crippen LogP contribution in [0.4, 0.5) is 0 Å². The second-order valence-corrected chi connectivity index (χ2v) is 10.3. The molecule has 1 aromatic rings. The van der Waals surface area contributed by atoms with Crippen molar-refractivity contribution in [1.29, 1.82) is 0 Å². The van der Waals surface area contributed by atoms with E-state index in [0.717, 1.165) is 5.56 Å². The summed E-state index contributed by atoms with van der Waals surface area (Å²) < 4.78 is 44.4. The van der Waals surface area contributed by atoms with Gasteiger partial charge in [0.2, 0.25) is 5.91 Å². The van der Waals surface area contributed by atoms with Crippen molar-refractivity contribution in [3.05, 3.63) is 29.8 Å². The van der Waals surface area contributed by atoms with Crippen LogP contribution in [0.2, 0.25) is 0 Å². The van der Waals surface area contributed by atoms with Crippen LogP contribution in [-0.2, 0) is 38.4 Å². The number of phenols is 1. The van der Waals surface area contributed by atoms with Crippen molar-refractivity contribution < 1.29 is 37.1 Å². The average molecular weight is 438 g/mol. The summed E-state index contributed by atoms with van der Waals surface area (Å²) in [5.41, 5.74) is 0.946. The molecule has 28 heavy (non-hydrogen) atoms. The van der Waals surface area contributed by atoms with Gasteiger partial charge in [0.05, 0.1) is 6.54 Å². The van der Waals surface area contributed by atoms with Crippen molar-refractivity contribution in [3.63, 3.8) is 0 Å². The standard InChI is InChI=1S/C16H28N2O8P2/c1-23-27(21,24-2)12-18(13-28(22,25-3)26-4)11-16(20)17-10-9-14-5-7-15(19)8-6-14/h5-8,19H,9-13H2,1-4H3,(H,17,20). The van der Waals surface area contributed by atoms with Crippen LogP contribution in [0.1, 0.15) is 5.56 Å². The van der Waals surface area contributed by atoms with E-state index in [-0.39, 0.29) is 30.8 Å². The zero-order chi connectivity index (χ0) is 21.2. The second-order valence-electron chi connectivity index (χ2n) is 5.83. The third kappa shape index (κ3) is 8.41. The van der Waals surface area contributed by atoms with Crippen LogP contribution in [0.15, 0.2) is 24.3 Å². The van der Waals surface area contributed by atoms with E-state index in [9.17, 15) is 19.0 Å². The van der Waals surface area contributed by atoms with Crippen molar-refractivity contribution in [3.8, 4) is 5.75 Å². The van der Waals surface area contributed by atoms with E-state index in [1.165, 1.54) is 33.3 Å². The first-order chi connectivity index (χ1) is 13.2. The molecule has 0 aliphatic heterocycles. The zero-order valence-corrected chi connectivity index (χ0v) is 18.3. The number of hydrogen-bond donors (Lipinski definition) is 2. The molecule has 0 fully saturated rings. The van der Waals surface area contributed by atoms with E-state index in [1.807, 2.05) is 0 Å². The Labute approximate surface area is 165 Å². The fourth-order valence-electron chi connectivity index (χ4n) is 2.28. The molecule has 0 atom stereocenters. The number of carbonyl (C=O) groups is 1. The predicted octanol–water partition coefficient (Wildman–Crippen LogP) is 2.24. The van der Waals surface area contributed by atoms with Crippen LogP contribution in [0.5, 0.6) is 5.75 Å². The Kier molecular flexibility index (Phi) is 10.3. The van der Waals surface area contributed by atoms with Gasteiger partial charge in [0.25, 0.3) is 0 Å². The predicted molar refractivity (Wildman–Crippen MR) is 105 cm³/mol. The summed E-state index contributed by atoms with van der Waals surface area (Å²) in [4.78, 5) is 13.6. The van der Waals surface area contributed by atoms with Crippen LogP contribution in [0.3, 0.4) is 0 Å². The lowest BCUT2D eigenvalue weighted by atomic mass is 10.1. The number of aromatic hydroxyl groups is 1. The Bertz CT molecular complexity index is 669. The van der Waals surface area contributed by atoms with E-state index in [4.69, 9.17) is 18.1 Å². The van der Waals surface area contributed by atoms with Gasteiger partial charge in [0, 0.05) is 35.0 Å². The number of rotatable bonds is 13. The van der Waals surface area contributed by atoms with Gasteiger partial charge >= 0.3 is 15.2 Å². The molecule has 0 unspecified atom stereocenters. The molecule has 160 valence electrons. The number of phenolic OH excluding ortho intramolecular Hbond substituents is 1. The van der Waals surface area contributed by atoms with Crippen molar-refractivity contribution >= 4 is 21.1 Å². The maximum atomic E-state index is 12.4. The highest BCUT2D eigenvalue weighted by molar-refractivity contribution is 7.54. The SMILES string of the molecule is COP(=O)(CN(CC(=O)NCCc1ccc(O)cc1)CP(=O)(OC)OC)OC. The quantitative estimate of drug-likeness (QED) is 0.446. The smallest absolute Gasteiger partial charge is 0.344 e. The Hall–Kier alpha value is -1.25. The molecule has 0 saturated carbocycles. The fraction of sp³-hybridized carbons (Fsp3) is 0.562. The molecule has 0 aliphatic rings. The normalized spacial score (nSPS) is 12.3. The van der Waals surface area contributed by atoms with Crippen LogP contribution in [0, 0.1) is 0 Å². The highest BCUT2D eigenvalue weighted by Crippen LogP contribution is 2.51. The molecular formula is C16H28N2O8P2. The molecule has 0 heterocycles. The number of nitrogens with zero attached hydrogens (tertiary/aromatic N) is 1. The fourth-order valence-corrected chi connectivity index (χ4v) is 4.58. The molecule has 1 amide bonds. The Morgan fingerprint density at radius 3 is 1.86 bits per heavy atom. The maximum absolute atomic E-state index is 12.4. The van der Waals surface area contributed by atoms with Crippen molar-refractivity contribution in [2.75, 3.05) is 54.1 Å². The largest absolute Gasteiger partial charge is 0.508 e. The minimum absolute atomic E-state index is 0.171. The number of amides is 1. The van der Waals surface area contributed by atoms with Gasteiger partial charge in [-0.05, 0) is 24.1 Å². The lowest BCUT2D eigenvalue weighted by Gasteiger charge is -2.27. The van der Waals surface area contributed by atoms with E-state index in [1.54, 1.807) is 24.3 Å². The highest BCUT2D eigenvalue weighted by Gasteiger charge is 2.32. The van der Waals surface area contributed by atoms with Gasteiger partial charge in [-0.1, -0.05) is 12.1 Å². The zero-order valence-electron chi connectivity index (χ0n) is 16.5. The summed E-state index contributed by atoms with van der Waals surface area (Å²) in [6.07, 6.45) is 0.0411. The van der Waals surface area contributed by atoms with Gasteiger partial charge < -0.3 is 28.5 Å². The van der Waals surface area contributed by atoms with Gasteiger partial charge in [-0.25, -0.2) is 0 Å². The van der Waals surface area contributed by atoms with Crippen LogP contribution < -0.4 is 5.32 Å². The summed E-state index contributed by atoms with van der Waals surface area (Å²) in [7, 11) is -2.06. The molecular weight excluding hydrogens is 410 g/mol. The minimum atomic E-state index is -3.49. The first kappa shape index (κ1) is 24.8. The molecule has 0 aromatic heterocycles. The van der Waals surface area contributed by atoms with Crippen molar-refractivity contribution in [2.24, 2.45) is 0 Å². The second kappa shape index (κ2) is 11.7. The summed E-state index contributed by atoms with van der Waals surface area (Å²) in [5.74, 6) is -0.193. The Balaban J connectivity index is 2.69. The molecule has 12 heteroatoms. The van der Waals surface area contributed by atoms with Crippen molar-refractivity contribution in [2.45, 2.75) is 6.42 Å². The van der Waals surface area contributed by atoms with E-state index < -0.39 is 15.2 Å². The molecule has 0 radical (unpaired) electrons. The first-order valence-corrected chi connectivity index (χ1v) is 11.8. The van der Waals surface area contributed by atoms with Gasteiger partial charge in [-0.2, -0.15) is 0 Å². The number of nitrogens with one attached hydrogen (secondary N) is 1. The summed E-state index contributed by atoms with van der Waals surface area (Å²) in [6.45, 7) is 0.152. The van der Waals surface area contributed by atoms with Crippen LogP contribution in [0.25, 0.3) is 0 Å². The lowest BCUT2D eigenvalue weighted by molar-refractivity contribution is -0.121. The van der Waals surface area contributed by atoms with Crippen molar-refractivity contribution in [1.82, 2.24) is 10.2 Å². The first-order valence-electron chi connectivity index (χ1n) is 8.37. The van der Waals surface area contributed by atoms with Gasteiger partial charge in [0.1, 0.15) is 18.3 Å². The number of hydrogen-bond acceptors (Lipinski definition) is 9. The van der Waals surface area contributed by atoms with E-state index in [0.29, 0.717) is 13.0 Å². The third-order valence-corrected chi connectivity index (χ3v) is 7.62. The van der Waals surface area contributed by atoms with Gasteiger partial charge in [-0.15, -0.1) is 0 Å². The molecule has 1 rings (SSSR count). The average Bonchev–Trinajstić information content (AvgIpc) is 2.69. The topological polar surface area (TPSA) is 124 Å². The molecule has 0 aliphatic carbocycles. The third-order valence-electron chi connectivity index (χ3n) is 3.90. The van der Waals surface area contributed by atoms with Gasteiger partial charge in [-0.3, -0.25) is 18.8 Å². The Morgan fingerprint density at radius 2 is 1.43 bits per heavy atom. The summed E-state index contributed by atoms with van der Waals surface area (Å²) in [5, 5.41) is 12.0. The van der Waals surface area contributed by atoms with Crippen LogP contribution >= 0.6 is 15.2 Å². The Morgan fingerprint density at radius 1 is 0.964 bits per heavy atom. The molecule has 10 nitrogen and oxygen atoms in total. The maximum Gasteiger partial charge on any atom is 0.344 e. The molecule has 0 saturated heterocycles. The van der Waals surface area contributed by atoms with Gasteiger partial charge in [0.15, 0.2) is 0 Å². The molecule has 0 bridgehead atoms. The number of carbonyl (C=O) groups excluding carboxylic acids is 1. The van der Waals surface area contributed by atoms with E-state index >= 15 is 0 Å². The summed E-state index contributed by atoms with van der Waals surface area (Å²) >= 11 is 0. The van der Waals surface area contributed by atoms with E-state index in [2.05, 4.69) is 5.32 Å². The highest BCUT2D eigenvalue weighted by atomic mass is 31.2.